The van der Waals surface area contributed by atoms with Crippen molar-refractivity contribution in [2.75, 3.05) is 13.1 Å². The molecule has 0 aromatic rings. The second-order valence-electron chi connectivity index (χ2n) is 8.37. The molecule has 0 spiro atoms. The van der Waals surface area contributed by atoms with E-state index >= 15 is 0 Å². The Morgan fingerprint density at radius 1 is 0.538 bits per heavy atom. The van der Waals surface area contributed by atoms with Crippen molar-refractivity contribution in [1.82, 2.24) is 10.6 Å². The van der Waals surface area contributed by atoms with Crippen molar-refractivity contribution in [2.45, 2.75) is 103 Å². The molecular formula is C22H40N2O2. The topological polar surface area (TPSA) is 58.2 Å². The number of nitrogens with one attached hydrogen (secondary N) is 2. The zero-order chi connectivity index (χ0) is 18.5. The Kier molecular flexibility index (Phi) is 10.8. The van der Waals surface area contributed by atoms with Gasteiger partial charge in [-0.15, -0.1) is 0 Å². The van der Waals surface area contributed by atoms with E-state index < -0.39 is 0 Å². The van der Waals surface area contributed by atoms with E-state index in [1.165, 1.54) is 64.2 Å². The molecule has 0 unspecified atom stereocenters. The van der Waals surface area contributed by atoms with Crippen LogP contribution in [0.15, 0.2) is 0 Å². The summed E-state index contributed by atoms with van der Waals surface area (Å²) >= 11 is 0. The molecule has 26 heavy (non-hydrogen) atoms. The largest absolute Gasteiger partial charge is 0.356 e. The molecule has 0 aliphatic heterocycles. The molecule has 0 aromatic heterocycles. The van der Waals surface area contributed by atoms with E-state index in [1.54, 1.807) is 0 Å². The van der Waals surface area contributed by atoms with Crippen molar-refractivity contribution in [1.29, 1.82) is 0 Å². The summed E-state index contributed by atoms with van der Waals surface area (Å²) in [5, 5.41) is 6.24. The molecule has 4 heteroatoms. The summed E-state index contributed by atoms with van der Waals surface area (Å²) in [6.07, 6.45) is 18.9. The van der Waals surface area contributed by atoms with E-state index in [0.29, 0.717) is 11.8 Å². The summed E-state index contributed by atoms with van der Waals surface area (Å²) in [6.45, 7) is 1.68. The van der Waals surface area contributed by atoms with Gasteiger partial charge in [-0.2, -0.15) is 0 Å². The van der Waals surface area contributed by atoms with E-state index in [2.05, 4.69) is 10.6 Å². The lowest BCUT2D eigenvalue weighted by Gasteiger charge is -2.20. The van der Waals surface area contributed by atoms with Crippen LogP contribution >= 0.6 is 0 Å². The quantitative estimate of drug-likeness (QED) is 0.521. The Labute approximate surface area is 160 Å². The Balaban J connectivity index is 1.34. The van der Waals surface area contributed by atoms with Gasteiger partial charge in [-0.05, 0) is 38.5 Å². The second-order valence-corrected chi connectivity index (χ2v) is 8.37. The van der Waals surface area contributed by atoms with Gasteiger partial charge in [-0.1, -0.05) is 64.2 Å². The maximum atomic E-state index is 12.0. The molecule has 0 aromatic carbocycles. The molecule has 2 aliphatic carbocycles. The van der Waals surface area contributed by atoms with Gasteiger partial charge < -0.3 is 10.6 Å². The Bertz CT molecular complexity index is 361. The van der Waals surface area contributed by atoms with Crippen LogP contribution in [0.5, 0.6) is 0 Å². The summed E-state index contributed by atoms with van der Waals surface area (Å²) < 4.78 is 0. The van der Waals surface area contributed by atoms with Crippen LogP contribution in [-0.2, 0) is 9.59 Å². The number of amides is 2. The minimum atomic E-state index is 0.285. The molecule has 0 atom stereocenters. The first-order valence-corrected chi connectivity index (χ1v) is 11.3. The van der Waals surface area contributed by atoms with Crippen molar-refractivity contribution in [3.8, 4) is 0 Å². The zero-order valence-corrected chi connectivity index (χ0v) is 16.7. The fraction of sp³-hybridized carbons (Fsp3) is 0.909. The van der Waals surface area contributed by atoms with Crippen LogP contribution < -0.4 is 10.6 Å². The highest BCUT2D eigenvalue weighted by Gasteiger charge is 2.21. The average molecular weight is 365 g/mol. The first kappa shape index (κ1) is 21.2. The summed E-state index contributed by atoms with van der Waals surface area (Å²) in [7, 11) is 0. The third-order valence-corrected chi connectivity index (χ3v) is 6.15. The van der Waals surface area contributed by atoms with Crippen LogP contribution in [0, 0.1) is 11.8 Å². The zero-order valence-electron chi connectivity index (χ0n) is 16.7. The van der Waals surface area contributed by atoms with Crippen LogP contribution in [0.1, 0.15) is 103 Å². The van der Waals surface area contributed by atoms with Gasteiger partial charge in [0.25, 0.3) is 0 Å². The SMILES string of the molecule is O=C(NCCCCCCCCNC(=O)C1CCCCC1)C1CCCCC1. The molecule has 2 amide bonds. The van der Waals surface area contributed by atoms with Gasteiger partial charge in [-0.3, -0.25) is 9.59 Å². The molecular weight excluding hydrogens is 324 g/mol. The summed E-state index contributed by atoms with van der Waals surface area (Å²) in [5.41, 5.74) is 0. The molecule has 2 fully saturated rings. The predicted molar refractivity (Wildman–Crippen MR) is 107 cm³/mol. The number of unbranched alkanes of at least 4 members (excludes halogenated alkanes) is 5. The van der Waals surface area contributed by atoms with Crippen molar-refractivity contribution in [3.63, 3.8) is 0 Å². The highest BCUT2D eigenvalue weighted by molar-refractivity contribution is 5.79. The molecule has 0 saturated heterocycles. The van der Waals surface area contributed by atoms with Crippen LogP contribution in [0.3, 0.4) is 0 Å². The Morgan fingerprint density at radius 2 is 0.885 bits per heavy atom. The normalized spacial score (nSPS) is 19.2. The van der Waals surface area contributed by atoms with Crippen molar-refractivity contribution in [2.24, 2.45) is 11.8 Å². The molecule has 150 valence electrons. The maximum Gasteiger partial charge on any atom is 0.223 e. The van der Waals surface area contributed by atoms with Gasteiger partial charge in [0, 0.05) is 24.9 Å². The minimum absolute atomic E-state index is 0.285. The Morgan fingerprint density at radius 3 is 1.27 bits per heavy atom. The molecule has 2 N–H and O–H groups in total. The van der Waals surface area contributed by atoms with Gasteiger partial charge in [0.05, 0.1) is 0 Å². The van der Waals surface area contributed by atoms with Gasteiger partial charge in [0.1, 0.15) is 0 Å². The van der Waals surface area contributed by atoms with Gasteiger partial charge in [0.15, 0.2) is 0 Å². The van der Waals surface area contributed by atoms with E-state index in [1.807, 2.05) is 0 Å². The van der Waals surface area contributed by atoms with Crippen molar-refractivity contribution < 1.29 is 9.59 Å². The number of hydrogen-bond donors (Lipinski definition) is 2. The van der Waals surface area contributed by atoms with Gasteiger partial charge in [-0.25, -0.2) is 0 Å². The lowest BCUT2D eigenvalue weighted by atomic mass is 9.88. The van der Waals surface area contributed by atoms with E-state index in [9.17, 15) is 9.59 Å². The van der Waals surface area contributed by atoms with Crippen LogP contribution in [0.25, 0.3) is 0 Å². The first-order chi connectivity index (χ1) is 12.8. The fourth-order valence-corrected chi connectivity index (χ4v) is 4.40. The molecule has 4 nitrogen and oxygen atoms in total. The van der Waals surface area contributed by atoms with Crippen molar-refractivity contribution in [3.05, 3.63) is 0 Å². The fourth-order valence-electron chi connectivity index (χ4n) is 4.40. The smallest absolute Gasteiger partial charge is 0.223 e. The second kappa shape index (κ2) is 13.2. The highest BCUT2D eigenvalue weighted by atomic mass is 16.2. The molecule has 0 bridgehead atoms. The number of hydrogen-bond acceptors (Lipinski definition) is 2. The van der Waals surface area contributed by atoms with Crippen LogP contribution in [0.2, 0.25) is 0 Å². The monoisotopic (exact) mass is 364 g/mol. The van der Waals surface area contributed by atoms with Gasteiger partial charge >= 0.3 is 0 Å². The van der Waals surface area contributed by atoms with Gasteiger partial charge in [0.2, 0.25) is 11.8 Å². The maximum absolute atomic E-state index is 12.0. The molecule has 2 aliphatic rings. The summed E-state index contributed by atoms with van der Waals surface area (Å²) in [5.74, 6) is 1.15. The number of carbonyl (C=O) groups excluding carboxylic acids is 2. The first-order valence-electron chi connectivity index (χ1n) is 11.3. The highest BCUT2D eigenvalue weighted by Crippen LogP contribution is 2.24. The Hall–Kier alpha value is -1.06. The average Bonchev–Trinajstić information content (AvgIpc) is 2.70. The van der Waals surface area contributed by atoms with Crippen LogP contribution in [0.4, 0.5) is 0 Å². The lowest BCUT2D eigenvalue weighted by Crippen LogP contribution is -2.32. The lowest BCUT2D eigenvalue weighted by molar-refractivity contribution is -0.126. The third kappa shape index (κ3) is 8.55. The van der Waals surface area contributed by atoms with E-state index in [0.717, 1.165) is 51.6 Å². The number of rotatable bonds is 11. The van der Waals surface area contributed by atoms with Crippen molar-refractivity contribution >= 4 is 11.8 Å². The number of carbonyl (C=O) groups is 2. The minimum Gasteiger partial charge on any atom is -0.356 e. The standard InChI is InChI=1S/C22H40N2O2/c25-21(19-13-7-5-8-14-19)23-17-11-3-1-2-4-12-18-24-22(26)20-15-9-6-10-16-20/h19-20H,1-18H2,(H,23,25)(H,24,26). The molecule has 2 rings (SSSR count). The van der Waals surface area contributed by atoms with E-state index in [4.69, 9.17) is 0 Å². The summed E-state index contributed by atoms with van der Waals surface area (Å²) in [6, 6.07) is 0. The predicted octanol–water partition coefficient (Wildman–Crippen LogP) is 4.72. The molecule has 2 saturated carbocycles. The summed E-state index contributed by atoms with van der Waals surface area (Å²) in [4.78, 5) is 24.1. The molecule has 0 radical (unpaired) electrons. The van der Waals surface area contributed by atoms with E-state index in [-0.39, 0.29) is 11.8 Å². The van der Waals surface area contributed by atoms with Crippen LogP contribution in [-0.4, -0.2) is 24.9 Å². The third-order valence-electron chi connectivity index (χ3n) is 6.15. The molecule has 0 heterocycles.